The van der Waals surface area contributed by atoms with Gasteiger partial charge in [0.25, 0.3) is 5.91 Å². The Morgan fingerprint density at radius 1 is 1.60 bits per heavy atom. The Bertz CT molecular complexity index is 408. The number of carbonyl (C=O) groups is 1. The van der Waals surface area contributed by atoms with Crippen LogP contribution in [-0.2, 0) is 0 Å². The summed E-state index contributed by atoms with van der Waals surface area (Å²) in [5.74, 6) is 0.492. The minimum atomic E-state index is -0.108. The summed E-state index contributed by atoms with van der Waals surface area (Å²) in [5, 5.41) is 2.93. The van der Waals surface area contributed by atoms with Crippen molar-refractivity contribution in [3.63, 3.8) is 0 Å². The second kappa shape index (κ2) is 4.22. The van der Waals surface area contributed by atoms with Crippen LogP contribution in [0.4, 0.5) is 0 Å². The first-order chi connectivity index (χ1) is 7.08. The lowest BCUT2D eigenvalue weighted by molar-refractivity contribution is 0.0943. The predicted molar refractivity (Wildman–Crippen MR) is 64.7 cm³/mol. The maximum atomic E-state index is 11.8. The van der Waals surface area contributed by atoms with Crippen LogP contribution in [0.2, 0.25) is 0 Å². The smallest absolute Gasteiger partial charge is 0.271 e. The van der Waals surface area contributed by atoms with Gasteiger partial charge in [-0.05, 0) is 50.3 Å². The molecule has 0 aromatic carbocycles. The van der Waals surface area contributed by atoms with Crippen LogP contribution in [0, 0.1) is 5.92 Å². The Morgan fingerprint density at radius 3 is 2.80 bits per heavy atom. The van der Waals surface area contributed by atoms with E-state index in [9.17, 15) is 4.79 Å². The molecular formula is C10H10Br2N2O. The maximum Gasteiger partial charge on any atom is 0.271 e. The first-order valence-electron chi connectivity index (χ1n) is 4.70. The summed E-state index contributed by atoms with van der Waals surface area (Å²) in [6, 6.07) is 2.15. The normalized spacial score (nSPS) is 23.7. The van der Waals surface area contributed by atoms with Gasteiger partial charge in [-0.3, -0.25) is 4.79 Å². The molecule has 1 heterocycles. The number of nitrogens with one attached hydrogen (secondary N) is 1. The van der Waals surface area contributed by atoms with E-state index in [2.05, 4.69) is 49.1 Å². The number of pyridine rings is 1. The average molecular weight is 334 g/mol. The number of amides is 1. The standard InChI is InChI=1S/C10H10Br2N2O/c1-5-2-8(5)14-10(15)9-7(12)3-6(11)4-13-9/h3-5,8H,2H2,1H3,(H,14,15)/t5-,8+/m0/s1. The van der Waals surface area contributed by atoms with Crippen molar-refractivity contribution < 1.29 is 4.79 Å². The fourth-order valence-corrected chi connectivity index (χ4v) is 2.51. The van der Waals surface area contributed by atoms with Crippen molar-refractivity contribution in [1.29, 1.82) is 0 Å². The highest BCUT2D eigenvalue weighted by atomic mass is 79.9. The molecule has 1 amide bonds. The van der Waals surface area contributed by atoms with Gasteiger partial charge in [-0.2, -0.15) is 0 Å². The van der Waals surface area contributed by atoms with E-state index in [1.807, 2.05) is 6.07 Å². The van der Waals surface area contributed by atoms with Gasteiger partial charge < -0.3 is 5.32 Å². The zero-order valence-corrected chi connectivity index (χ0v) is 11.3. The van der Waals surface area contributed by atoms with Gasteiger partial charge in [-0.25, -0.2) is 4.98 Å². The first-order valence-corrected chi connectivity index (χ1v) is 6.28. The van der Waals surface area contributed by atoms with Gasteiger partial charge in [0, 0.05) is 16.7 Å². The van der Waals surface area contributed by atoms with Crippen LogP contribution in [0.3, 0.4) is 0 Å². The molecule has 0 radical (unpaired) electrons. The molecule has 1 aliphatic carbocycles. The second-order valence-electron chi connectivity index (χ2n) is 3.78. The molecule has 0 saturated heterocycles. The van der Waals surface area contributed by atoms with E-state index in [0.717, 1.165) is 10.9 Å². The van der Waals surface area contributed by atoms with E-state index in [4.69, 9.17) is 0 Å². The lowest BCUT2D eigenvalue weighted by Gasteiger charge is -2.05. The van der Waals surface area contributed by atoms with Gasteiger partial charge in [0.2, 0.25) is 0 Å². The number of aromatic nitrogens is 1. The van der Waals surface area contributed by atoms with E-state index in [0.29, 0.717) is 22.1 Å². The molecule has 2 atom stereocenters. The Hall–Kier alpha value is -0.420. The van der Waals surface area contributed by atoms with Crippen LogP contribution < -0.4 is 5.32 Å². The Balaban J connectivity index is 2.11. The number of halogens is 2. The molecular weight excluding hydrogens is 324 g/mol. The summed E-state index contributed by atoms with van der Waals surface area (Å²) in [6.07, 6.45) is 2.69. The van der Waals surface area contributed by atoms with Gasteiger partial charge in [0.1, 0.15) is 5.69 Å². The highest BCUT2D eigenvalue weighted by Crippen LogP contribution is 2.29. The Morgan fingerprint density at radius 2 is 2.27 bits per heavy atom. The highest BCUT2D eigenvalue weighted by Gasteiger charge is 2.34. The topological polar surface area (TPSA) is 42.0 Å². The molecule has 5 heteroatoms. The fourth-order valence-electron chi connectivity index (χ4n) is 1.34. The number of carbonyl (C=O) groups excluding carboxylic acids is 1. The zero-order chi connectivity index (χ0) is 11.0. The van der Waals surface area contributed by atoms with Crippen molar-refractivity contribution >= 4 is 37.8 Å². The summed E-state index contributed by atoms with van der Waals surface area (Å²) in [7, 11) is 0. The Kier molecular flexibility index (Phi) is 3.11. The molecule has 0 unspecified atom stereocenters. The number of hydrogen-bond donors (Lipinski definition) is 1. The van der Waals surface area contributed by atoms with Crippen molar-refractivity contribution in [2.45, 2.75) is 19.4 Å². The fraction of sp³-hybridized carbons (Fsp3) is 0.400. The van der Waals surface area contributed by atoms with Gasteiger partial charge in [0.05, 0.1) is 4.47 Å². The van der Waals surface area contributed by atoms with Gasteiger partial charge in [-0.15, -0.1) is 0 Å². The van der Waals surface area contributed by atoms with Crippen LogP contribution in [-0.4, -0.2) is 16.9 Å². The molecule has 0 bridgehead atoms. The average Bonchev–Trinajstić information content (AvgIpc) is 2.81. The molecule has 1 saturated carbocycles. The van der Waals surface area contributed by atoms with E-state index >= 15 is 0 Å². The molecule has 3 nitrogen and oxygen atoms in total. The number of nitrogens with zero attached hydrogens (tertiary/aromatic N) is 1. The van der Waals surface area contributed by atoms with Crippen LogP contribution in [0.25, 0.3) is 0 Å². The van der Waals surface area contributed by atoms with Crippen LogP contribution in [0.5, 0.6) is 0 Å². The summed E-state index contributed by atoms with van der Waals surface area (Å²) < 4.78 is 1.56. The third kappa shape index (κ3) is 2.58. The van der Waals surface area contributed by atoms with Crippen molar-refractivity contribution in [2.24, 2.45) is 5.92 Å². The highest BCUT2D eigenvalue weighted by molar-refractivity contribution is 9.11. The van der Waals surface area contributed by atoms with E-state index in [1.54, 1.807) is 6.20 Å². The maximum absolute atomic E-state index is 11.8. The Labute approximate surface area is 105 Å². The van der Waals surface area contributed by atoms with Crippen molar-refractivity contribution in [2.75, 3.05) is 0 Å². The van der Waals surface area contributed by atoms with E-state index < -0.39 is 0 Å². The van der Waals surface area contributed by atoms with Gasteiger partial charge in [-0.1, -0.05) is 6.92 Å². The van der Waals surface area contributed by atoms with Gasteiger partial charge in [0.15, 0.2) is 0 Å². The monoisotopic (exact) mass is 332 g/mol. The lowest BCUT2D eigenvalue weighted by Crippen LogP contribution is -2.27. The summed E-state index contributed by atoms with van der Waals surface area (Å²) in [6.45, 7) is 2.12. The molecule has 0 spiro atoms. The summed E-state index contributed by atoms with van der Waals surface area (Å²) in [4.78, 5) is 15.8. The number of hydrogen-bond acceptors (Lipinski definition) is 2. The summed E-state index contributed by atoms with van der Waals surface area (Å²) >= 11 is 6.61. The molecule has 0 aliphatic heterocycles. The minimum absolute atomic E-state index is 0.108. The summed E-state index contributed by atoms with van der Waals surface area (Å²) in [5.41, 5.74) is 0.442. The van der Waals surface area contributed by atoms with Crippen molar-refractivity contribution in [3.8, 4) is 0 Å². The van der Waals surface area contributed by atoms with E-state index in [-0.39, 0.29) is 5.91 Å². The molecule has 80 valence electrons. The largest absolute Gasteiger partial charge is 0.348 e. The van der Waals surface area contributed by atoms with Crippen LogP contribution in [0.1, 0.15) is 23.8 Å². The minimum Gasteiger partial charge on any atom is -0.348 e. The quantitative estimate of drug-likeness (QED) is 0.904. The molecule has 1 N–H and O–H groups in total. The predicted octanol–water partition coefficient (Wildman–Crippen LogP) is 2.74. The third-order valence-corrected chi connectivity index (χ3v) is 3.49. The van der Waals surface area contributed by atoms with Crippen LogP contribution in [0.15, 0.2) is 21.2 Å². The first kappa shape index (κ1) is 11.1. The third-order valence-electron chi connectivity index (χ3n) is 2.45. The molecule has 1 fully saturated rings. The zero-order valence-electron chi connectivity index (χ0n) is 8.13. The molecule has 15 heavy (non-hydrogen) atoms. The molecule has 1 aromatic rings. The van der Waals surface area contributed by atoms with Crippen LogP contribution >= 0.6 is 31.9 Å². The second-order valence-corrected chi connectivity index (χ2v) is 5.55. The van der Waals surface area contributed by atoms with E-state index in [1.165, 1.54) is 0 Å². The lowest BCUT2D eigenvalue weighted by atomic mass is 10.3. The van der Waals surface area contributed by atoms with Crippen molar-refractivity contribution in [3.05, 3.63) is 26.9 Å². The SMILES string of the molecule is C[C@H]1C[C@H]1NC(=O)c1ncc(Br)cc1Br. The molecule has 1 aromatic heterocycles. The molecule has 2 rings (SSSR count). The number of rotatable bonds is 2. The van der Waals surface area contributed by atoms with Gasteiger partial charge >= 0.3 is 0 Å². The molecule has 1 aliphatic rings. The van der Waals surface area contributed by atoms with Crippen molar-refractivity contribution in [1.82, 2.24) is 10.3 Å².